The zero-order valence-corrected chi connectivity index (χ0v) is 14.3. The number of carbonyl (C=O) groups is 2. The summed E-state index contributed by atoms with van der Waals surface area (Å²) in [6.07, 6.45) is 2.38. The number of carbonyl (C=O) groups excluding carboxylic acids is 2. The van der Waals surface area contributed by atoms with Crippen LogP contribution in [0.4, 0.5) is 0 Å². The lowest BCUT2D eigenvalue weighted by Gasteiger charge is -2.40. The number of morpholine rings is 1. The summed E-state index contributed by atoms with van der Waals surface area (Å²) in [6.45, 7) is 4.87. The molecule has 0 radical (unpaired) electrons. The molecule has 2 fully saturated rings. The van der Waals surface area contributed by atoms with Gasteiger partial charge in [-0.25, -0.2) is 0 Å². The molecule has 2 amide bonds. The summed E-state index contributed by atoms with van der Waals surface area (Å²) < 4.78 is 5.62. The van der Waals surface area contributed by atoms with Crippen molar-refractivity contribution >= 4 is 11.8 Å². The second-order valence-electron chi connectivity index (χ2n) is 6.73. The summed E-state index contributed by atoms with van der Waals surface area (Å²) in [5, 5.41) is 0. The van der Waals surface area contributed by atoms with E-state index < -0.39 is 0 Å². The standard InChI is InChI=1S/C19H26N2O3/c1-15(22)20-9-7-17(8-10-20)19(23)21-11-12-24-14-18(21)13-16-5-3-2-4-6-16/h2-6,17-18H,7-14H2,1H3. The van der Waals surface area contributed by atoms with Crippen LogP contribution in [0.3, 0.4) is 0 Å². The molecular formula is C19H26N2O3. The smallest absolute Gasteiger partial charge is 0.226 e. The van der Waals surface area contributed by atoms with Gasteiger partial charge in [0.2, 0.25) is 11.8 Å². The van der Waals surface area contributed by atoms with Gasteiger partial charge in [0.25, 0.3) is 0 Å². The van der Waals surface area contributed by atoms with E-state index in [-0.39, 0.29) is 23.8 Å². The molecule has 5 nitrogen and oxygen atoms in total. The highest BCUT2D eigenvalue weighted by Crippen LogP contribution is 2.23. The number of likely N-dealkylation sites (tertiary alicyclic amines) is 1. The molecule has 2 heterocycles. The van der Waals surface area contributed by atoms with Crippen molar-refractivity contribution in [2.45, 2.75) is 32.2 Å². The Hall–Kier alpha value is -1.88. The number of nitrogens with zero attached hydrogens (tertiary/aromatic N) is 2. The first-order valence-corrected chi connectivity index (χ1v) is 8.83. The molecule has 0 aromatic heterocycles. The second-order valence-corrected chi connectivity index (χ2v) is 6.73. The third-order valence-electron chi connectivity index (χ3n) is 5.11. The highest BCUT2D eigenvalue weighted by Gasteiger charge is 2.34. The SMILES string of the molecule is CC(=O)N1CCC(C(=O)N2CCOCC2Cc2ccccc2)CC1. The van der Waals surface area contributed by atoms with E-state index in [1.165, 1.54) is 5.56 Å². The predicted octanol–water partition coefficient (Wildman–Crippen LogP) is 1.71. The van der Waals surface area contributed by atoms with Gasteiger partial charge in [0.05, 0.1) is 19.3 Å². The number of hydrogen-bond donors (Lipinski definition) is 0. The molecule has 0 N–H and O–H groups in total. The summed E-state index contributed by atoms with van der Waals surface area (Å²) in [7, 11) is 0. The zero-order valence-electron chi connectivity index (χ0n) is 14.3. The van der Waals surface area contributed by atoms with Crippen molar-refractivity contribution in [1.82, 2.24) is 9.80 Å². The van der Waals surface area contributed by atoms with Gasteiger partial charge in [-0.15, -0.1) is 0 Å². The van der Waals surface area contributed by atoms with E-state index in [1.54, 1.807) is 6.92 Å². The molecule has 2 aliphatic heterocycles. The Morgan fingerprint density at radius 3 is 2.50 bits per heavy atom. The zero-order chi connectivity index (χ0) is 16.9. The maximum atomic E-state index is 13.0. The lowest BCUT2D eigenvalue weighted by molar-refractivity contribution is -0.147. The minimum absolute atomic E-state index is 0.0389. The fraction of sp³-hybridized carbons (Fsp3) is 0.579. The number of rotatable bonds is 3. The molecule has 0 bridgehead atoms. The van der Waals surface area contributed by atoms with E-state index in [0.717, 1.165) is 19.3 Å². The third-order valence-corrected chi connectivity index (χ3v) is 5.11. The van der Waals surface area contributed by atoms with E-state index in [4.69, 9.17) is 4.74 Å². The molecule has 1 atom stereocenters. The molecule has 0 aliphatic carbocycles. The number of ether oxygens (including phenoxy) is 1. The molecule has 1 aromatic carbocycles. The largest absolute Gasteiger partial charge is 0.377 e. The van der Waals surface area contributed by atoms with Crippen LogP contribution in [0.15, 0.2) is 30.3 Å². The van der Waals surface area contributed by atoms with Crippen LogP contribution in [-0.4, -0.2) is 60.5 Å². The monoisotopic (exact) mass is 330 g/mol. The molecule has 0 saturated carbocycles. The Bertz CT molecular complexity index is 567. The maximum absolute atomic E-state index is 13.0. The molecule has 5 heteroatoms. The highest BCUT2D eigenvalue weighted by atomic mass is 16.5. The van der Waals surface area contributed by atoms with Crippen LogP contribution in [0.25, 0.3) is 0 Å². The van der Waals surface area contributed by atoms with Gasteiger partial charge < -0.3 is 14.5 Å². The Labute approximate surface area is 143 Å². The van der Waals surface area contributed by atoms with E-state index in [1.807, 2.05) is 28.0 Å². The fourth-order valence-corrected chi connectivity index (χ4v) is 3.68. The topological polar surface area (TPSA) is 49.9 Å². The lowest BCUT2D eigenvalue weighted by atomic mass is 9.93. The van der Waals surface area contributed by atoms with Crippen LogP contribution < -0.4 is 0 Å². The summed E-state index contributed by atoms with van der Waals surface area (Å²) in [6, 6.07) is 10.4. The van der Waals surface area contributed by atoms with Crippen LogP contribution in [0.5, 0.6) is 0 Å². The summed E-state index contributed by atoms with van der Waals surface area (Å²) >= 11 is 0. The van der Waals surface area contributed by atoms with Gasteiger partial charge in [-0.3, -0.25) is 9.59 Å². The molecule has 130 valence electrons. The Morgan fingerprint density at radius 2 is 1.83 bits per heavy atom. The first kappa shape index (κ1) is 17.0. The predicted molar refractivity (Wildman–Crippen MR) is 91.4 cm³/mol. The van der Waals surface area contributed by atoms with Crippen molar-refractivity contribution in [1.29, 1.82) is 0 Å². The summed E-state index contributed by atoms with van der Waals surface area (Å²) in [5.74, 6) is 0.383. The molecule has 1 unspecified atom stereocenters. The summed E-state index contributed by atoms with van der Waals surface area (Å²) in [4.78, 5) is 28.3. The number of piperidine rings is 1. The summed E-state index contributed by atoms with van der Waals surface area (Å²) in [5.41, 5.74) is 1.23. The van der Waals surface area contributed by atoms with Crippen molar-refractivity contribution < 1.29 is 14.3 Å². The molecule has 3 rings (SSSR count). The number of hydrogen-bond acceptors (Lipinski definition) is 3. The first-order valence-electron chi connectivity index (χ1n) is 8.83. The Morgan fingerprint density at radius 1 is 1.12 bits per heavy atom. The average Bonchev–Trinajstić information content (AvgIpc) is 2.62. The fourth-order valence-electron chi connectivity index (χ4n) is 3.68. The Balaban J connectivity index is 1.62. The molecule has 24 heavy (non-hydrogen) atoms. The van der Waals surface area contributed by atoms with Gasteiger partial charge >= 0.3 is 0 Å². The lowest BCUT2D eigenvalue weighted by Crippen LogP contribution is -2.53. The van der Waals surface area contributed by atoms with Crippen LogP contribution >= 0.6 is 0 Å². The van der Waals surface area contributed by atoms with Crippen LogP contribution in [0.1, 0.15) is 25.3 Å². The van der Waals surface area contributed by atoms with Crippen molar-refractivity contribution in [3.8, 4) is 0 Å². The first-order chi connectivity index (χ1) is 11.6. The van der Waals surface area contributed by atoms with Crippen LogP contribution in [-0.2, 0) is 20.7 Å². The third kappa shape index (κ3) is 3.96. The Kier molecular flexibility index (Phi) is 5.51. The average molecular weight is 330 g/mol. The van der Waals surface area contributed by atoms with E-state index in [9.17, 15) is 9.59 Å². The maximum Gasteiger partial charge on any atom is 0.226 e. The van der Waals surface area contributed by atoms with Crippen molar-refractivity contribution in [2.75, 3.05) is 32.8 Å². The van der Waals surface area contributed by atoms with Gasteiger partial charge in [0.15, 0.2) is 0 Å². The molecular weight excluding hydrogens is 304 g/mol. The normalized spacial score (nSPS) is 22.5. The van der Waals surface area contributed by atoms with Crippen molar-refractivity contribution in [2.24, 2.45) is 5.92 Å². The van der Waals surface area contributed by atoms with Gasteiger partial charge in [0.1, 0.15) is 0 Å². The highest BCUT2D eigenvalue weighted by molar-refractivity contribution is 5.80. The van der Waals surface area contributed by atoms with E-state index >= 15 is 0 Å². The quantitative estimate of drug-likeness (QED) is 0.848. The van der Waals surface area contributed by atoms with Gasteiger partial charge in [-0.1, -0.05) is 30.3 Å². The van der Waals surface area contributed by atoms with Gasteiger partial charge in [-0.2, -0.15) is 0 Å². The van der Waals surface area contributed by atoms with Crippen molar-refractivity contribution in [3.63, 3.8) is 0 Å². The molecule has 2 saturated heterocycles. The van der Waals surface area contributed by atoms with Gasteiger partial charge in [-0.05, 0) is 24.8 Å². The van der Waals surface area contributed by atoms with Gasteiger partial charge in [0, 0.05) is 32.5 Å². The van der Waals surface area contributed by atoms with E-state index in [2.05, 4.69) is 12.1 Å². The van der Waals surface area contributed by atoms with E-state index in [0.29, 0.717) is 32.8 Å². The van der Waals surface area contributed by atoms with Crippen LogP contribution in [0, 0.1) is 5.92 Å². The molecule has 2 aliphatic rings. The van der Waals surface area contributed by atoms with Crippen LogP contribution in [0.2, 0.25) is 0 Å². The number of benzene rings is 1. The minimum atomic E-state index is 0.0389. The van der Waals surface area contributed by atoms with Crippen molar-refractivity contribution in [3.05, 3.63) is 35.9 Å². The molecule has 0 spiro atoms. The second kappa shape index (κ2) is 7.79. The minimum Gasteiger partial charge on any atom is -0.377 e. The number of amides is 2. The molecule has 1 aromatic rings.